The normalized spacial score (nSPS) is 42.0. The van der Waals surface area contributed by atoms with Crippen LogP contribution in [0.4, 0.5) is 0 Å². The van der Waals surface area contributed by atoms with E-state index >= 15 is 0 Å². The van der Waals surface area contributed by atoms with Gasteiger partial charge in [-0.3, -0.25) is 28.2 Å². The zero-order valence-electron chi connectivity index (χ0n) is 24.2. The van der Waals surface area contributed by atoms with E-state index in [2.05, 4.69) is 0 Å². The minimum Gasteiger partial charge on any atom is -0.481 e. The van der Waals surface area contributed by atoms with Crippen molar-refractivity contribution in [2.45, 2.75) is 97.5 Å². The number of hydrogen-bond acceptors (Lipinski definition) is 8. The van der Waals surface area contributed by atoms with Crippen molar-refractivity contribution in [2.24, 2.45) is 45.3 Å². The van der Waals surface area contributed by atoms with E-state index < -0.39 is 80.3 Å². The lowest BCUT2D eigenvalue weighted by molar-refractivity contribution is -0.224. The average Bonchev–Trinajstić information content (AvgIpc) is 3.09. The molecule has 4 aliphatic carbocycles. The van der Waals surface area contributed by atoms with Crippen molar-refractivity contribution in [3.8, 4) is 0 Å². The quantitative estimate of drug-likeness (QED) is 0.312. The molecule has 9 atom stereocenters. The third-order valence-electron chi connectivity index (χ3n) is 12.0. The summed E-state index contributed by atoms with van der Waals surface area (Å²) in [5.74, 6) is -4.89. The highest BCUT2D eigenvalue weighted by Crippen LogP contribution is 2.75. The van der Waals surface area contributed by atoms with E-state index in [1.807, 2.05) is 20.8 Å². The van der Waals surface area contributed by atoms with Gasteiger partial charge in [-0.15, -0.1) is 0 Å². The fourth-order valence-electron chi connectivity index (χ4n) is 10.4. The number of ketones is 2. The zero-order chi connectivity index (χ0) is 30.8. The molecule has 4 aliphatic rings. The van der Waals surface area contributed by atoms with Crippen molar-refractivity contribution >= 4 is 39.6 Å². The van der Waals surface area contributed by atoms with Crippen molar-refractivity contribution in [1.82, 2.24) is 0 Å². The van der Waals surface area contributed by atoms with Gasteiger partial charge in [-0.05, 0) is 72.0 Å². The molecule has 3 N–H and O–H groups in total. The van der Waals surface area contributed by atoms with Gasteiger partial charge in [0.1, 0.15) is 11.6 Å². The third-order valence-corrected chi connectivity index (χ3v) is 12.6. The molecule has 4 saturated carbocycles. The van der Waals surface area contributed by atoms with Crippen LogP contribution in [0.15, 0.2) is 0 Å². The maximum Gasteiger partial charge on any atom is 0.304 e. The lowest BCUT2D eigenvalue weighted by atomic mass is 9.36. The van der Waals surface area contributed by atoms with Crippen molar-refractivity contribution in [3.63, 3.8) is 0 Å². The van der Waals surface area contributed by atoms with Gasteiger partial charge in [0.15, 0.2) is 0 Å². The maximum absolute atomic E-state index is 13.8. The molecule has 0 aromatic heterocycles. The summed E-state index contributed by atoms with van der Waals surface area (Å²) in [5.41, 5.74) is -4.06. The fraction of sp³-hybridized carbons (Fsp3) is 0.828. The number of carboxylic acid groups (broad SMARTS) is 3. The summed E-state index contributed by atoms with van der Waals surface area (Å²) < 4.78 is 31.1. The smallest absolute Gasteiger partial charge is 0.304 e. The minimum absolute atomic E-state index is 0.0133. The summed E-state index contributed by atoms with van der Waals surface area (Å²) in [5, 5.41) is 29.2. The van der Waals surface area contributed by atoms with Crippen LogP contribution in [-0.2, 0) is 38.3 Å². The average molecular weight is 599 g/mol. The van der Waals surface area contributed by atoms with Gasteiger partial charge in [-0.25, -0.2) is 0 Å². The van der Waals surface area contributed by atoms with Crippen LogP contribution in [0.2, 0.25) is 0 Å². The Hall–Kier alpha value is -2.34. The second-order valence-electron chi connectivity index (χ2n) is 13.8. The second-order valence-corrected chi connectivity index (χ2v) is 15.4. The molecule has 0 heterocycles. The number of aliphatic carboxylic acids is 3. The maximum atomic E-state index is 13.8. The van der Waals surface area contributed by atoms with Gasteiger partial charge in [0, 0.05) is 24.7 Å². The van der Waals surface area contributed by atoms with E-state index in [0.717, 1.165) is 6.26 Å². The largest absolute Gasteiger partial charge is 0.481 e. The van der Waals surface area contributed by atoms with Crippen LogP contribution in [0.3, 0.4) is 0 Å². The summed E-state index contributed by atoms with van der Waals surface area (Å²) in [6.07, 6.45) is 0.486. The number of carbonyl (C=O) groups is 5. The monoisotopic (exact) mass is 598 g/mol. The van der Waals surface area contributed by atoms with Gasteiger partial charge in [0.05, 0.1) is 31.6 Å². The Morgan fingerprint density at radius 1 is 0.951 bits per heavy atom. The number of rotatable bonds is 10. The molecule has 230 valence electrons. The van der Waals surface area contributed by atoms with Crippen molar-refractivity contribution < 1.29 is 51.9 Å². The van der Waals surface area contributed by atoms with E-state index in [1.165, 1.54) is 0 Å². The number of Topliss-reactive ketones (excluding diaryl/α,β-unsaturated/α-hetero) is 2. The first-order valence-corrected chi connectivity index (χ1v) is 16.2. The van der Waals surface area contributed by atoms with Gasteiger partial charge in [0.25, 0.3) is 10.1 Å². The molecule has 2 unspecified atom stereocenters. The summed E-state index contributed by atoms with van der Waals surface area (Å²) in [6, 6.07) is 0. The Balaban J connectivity index is 1.89. The summed E-state index contributed by atoms with van der Waals surface area (Å²) in [7, 11) is -4.03. The molecule has 0 aromatic carbocycles. The molecule has 0 spiro atoms. The van der Waals surface area contributed by atoms with E-state index in [4.69, 9.17) is 4.18 Å². The fourth-order valence-corrected chi connectivity index (χ4v) is 11.0. The van der Waals surface area contributed by atoms with Crippen molar-refractivity contribution in [2.75, 3.05) is 6.26 Å². The highest BCUT2D eigenvalue weighted by molar-refractivity contribution is 7.86. The standard InChI is InChI=1S/C29H42O11S/c1-16-11-18-19-8-10-28(14-23(34)35,21(31)5-6-22(32)33)27(19,3)13-20(40-41(4,38)39)25(18)26(2)9-7-17(30)12-29(16,26)15-24(36)37/h16,18-20,25H,5-15H2,1-4H3,(H,32,33)(H,34,35)(H,36,37)/t16-,18-,19-,20?,25+,26+,27-,28-,29?/m0/s1. The minimum atomic E-state index is -4.03. The third kappa shape index (κ3) is 5.02. The molecule has 12 heteroatoms. The Bertz CT molecular complexity index is 1260. The van der Waals surface area contributed by atoms with E-state index in [9.17, 15) is 47.7 Å². The topological polar surface area (TPSA) is 189 Å². The summed E-state index contributed by atoms with van der Waals surface area (Å²) >= 11 is 0. The van der Waals surface area contributed by atoms with E-state index in [-0.39, 0.29) is 62.1 Å². The molecule has 0 aliphatic heterocycles. The molecule has 11 nitrogen and oxygen atoms in total. The predicted octanol–water partition coefficient (Wildman–Crippen LogP) is 3.54. The van der Waals surface area contributed by atoms with Crippen molar-refractivity contribution in [1.29, 1.82) is 0 Å². The number of carboxylic acids is 3. The lowest BCUT2D eigenvalue weighted by Gasteiger charge is -2.68. The van der Waals surface area contributed by atoms with Gasteiger partial charge < -0.3 is 15.3 Å². The molecule has 0 aromatic rings. The van der Waals surface area contributed by atoms with Crippen LogP contribution in [0.1, 0.15) is 91.4 Å². The molecular formula is C29H42O11S. The summed E-state index contributed by atoms with van der Waals surface area (Å²) in [6.45, 7) is 5.75. The lowest BCUT2D eigenvalue weighted by Crippen LogP contribution is -2.67. The number of carbonyl (C=O) groups excluding carboxylic acids is 2. The Morgan fingerprint density at radius 3 is 2.15 bits per heavy atom. The van der Waals surface area contributed by atoms with Gasteiger partial charge in [0.2, 0.25) is 0 Å². The molecule has 0 saturated heterocycles. The van der Waals surface area contributed by atoms with Crippen LogP contribution in [0.25, 0.3) is 0 Å². The first kappa shape index (κ1) is 31.6. The van der Waals surface area contributed by atoms with Crippen molar-refractivity contribution in [3.05, 3.63) is 0 Å². The van der Waals surface area contributed by atoms with Crippen LogP contribution < -0.4 is 0 Å². The molecule has 4 fully saturated rings. The number of fused-ring (bicyclic) bond motifs is 5. The van der Waals surface area contributed by atoms with Crippen LogP contribution in [0, 0.1) is 45.3 Å². The van der Waals surface area contributed by atoms with Gasteiger partial charge >= 0.3 is 17.9 Å². The molecule has 0 radical (unpaired) electrons. The van der Waals surface area contributed by atoms with E-state index in [0.29, 0.717) is 19.3 Å². The van der Waals surface area contributed by atoms with Crippen LogP contribution >= 0.6 is 0 Å². The van der Waals surface area contributed by atoms with Crippen LogP contribution in [-0.4, -0.2) is 65.6 Å². The Labute approximate surface area is 240 Å². The molecule has 0 bridgehead atoms. The first-order valence-electron chi connectivity index (χ1n) is 14.4. The Kier molecular flexibility index (Phi) is 8.04. The van der Waals surface area contributed by atoms with E-state index in [1.54, 1.807) is 0 Å². The molecule has 0 amide bonds. The van der Waals surface area contributed by atoms with Gasteiger partial charge in [-0.1, -0.05) is 20.8 Å². The van der Waals surface area contributed by atoms with Gasteiger partial charge in [-0.2, -0.15) is 8.42 Å². The SMILES string of the molecule is C[C@H]1C[C@H]2[C@@H]3CC[C@](CC(=O)O)(C(=O)CCC(=O)O)[C@@]3(C)CC(OS(C)(=O)=O)[C@@H]2[C@@]2(C)CCC(=O)CC12CC(=O)O. The highest BCUT2D eigenvalue weighted by atomic mass is 32.2. The molecular weight excluding hydrogens is 556 g/mol. The highest BCUT2D eigenvalue weighted by Gasteiger charge is 2.73. The zero-order valence-corrected chi connectivity index (χ0v) is 25.0. The van der Waals surface area contributed by atoms with Crippen LogP contribution in [0.5, 0.6) is 0 Å². The number of hydrogen-bond donors (Lipinski definition) is 3. The predicted molar refractivity (Wildman–Crippen MR) is 144 cm³/mol. The first-order chi connectivity index (χ1) is 18.8. The second kappa shape index (κ2) is 10.4. The Morgan fingerprint density at radius 2 is 1.59 bits per heavy atom. The molecule has 4 rings (SSSR count). The molecule has 41 heavy (non-hydrogen) atoms. The summed E-state index contributed by atoms with van der Waals surface area (Å²) in [4.78, 5) is 62.3.